The van der Waals surface area contributed by atoms with E-state index in [0.717, 1.165) is 64.2 Å². The molecule has 11 nitrogen and oxygen atoms in total. The maximum absolute atomic E-state index is 12.9. The molecule has 12 heteroatoms. The van der Waals surface area contributed by atoms with E-state index in [4.69, 9.17) is 23.3 Å². The van der Waals surface area contributed by atoms with Crippen LogP contribution in [0.1, 0.15) is 303 Å². The summed E-state index contributed by atoms with van der Waals surface area (Å²) >= 11 is 0. The quantitative estimate of drug-likeness (QED) is 0.0197. The molecular weight excluding hydrogens is 904 g/mol. The molecule has 0 aliphatic rings. The molecule has 0 radical (unpaired) electrons. The van der Waals surface area contributed by atoms with Crippen molar-refractivity contribution in [1.29, 1.82) is 0 Å². The number of carbonyl (C=O) groups excluding carboxylic acids is 3. The van der Waals surface area contributed by atoms with Crippen molar-refractivity contribution < 1.29 is 52.2 Å². The smallest absolute Gasteiger partial charge is 0.462 e. The number of phosphoric ester groups is 1. The van der Waals surface area contributed by atoms with Crippen molar-refractivity contribution in [2.24, 2.45) is 0 Å². The Hall–Kier alpha value is -1.78. The molecule has 0 rings (SSSR count). The second kappa shape index (κ2) is 53.5. The molecule has 0 bridgehead atoms. The Bertz CT molecular complexity index is 1230. The Morgan fingerprint density at radius 1 is 0.386 bits per heavy atom. The summed E-state index contributed by atoms with van der Waals surface area (Å²) in [6, 6.07) is 0. The second-order valence-electron chi connectivity index (χ2n) is 20.2. The average Bonchev–Trinajstić information content (AvgIpc) is 3.35. The molecule has 2 N–H and O–H groups in total. The minimum atomic E-state index is -4.74. The van der Waals surface area contributed by atoms with E-state index in [1.165, 1.54) is 180 Å². The number of hydrogen-bond donors (Lipinski definition) is 2. The van der Waals surface area contributed by atoms with Crippen LogP contribution in [0.15, 0.2) is 12.2 Å². The molecule has 3 atom stereocenters. The van der Waals surface area contributed by atoms with Crippen molar-refractivity contribution in [2.75, 3.05) is 26.4 Å². The monoisotopic (exact) mass is 1010 g/mol. The van der Waals surface area contributed by atoms with Crippen molar-refractivity contribution >= 4 is 25.7 Å². The number of esters is 3. The standard InChI is InChI=1S/C58H111O11P/c1-4-7-10-13-16-19-22-24-26-27-29-30-33-35-38-41-44-47-56(60)65-51-55(69-58(62)49-46-43-40-37-34-31-28-25-23-20-17-14-11-8-5-2)53-67-70(63,64)66-52-54(50-59)68-57(61)48-45-42-39-36-32-21-18-15-12-9-6-3/h24,26,54-55,59H,4-23,25,27-53H2,1-3H3,(H,63,64)/b26-24-. The fourth-order valence-corrected chi connectivity index (χ4v) is 9.43. The van der Waals surface area contributed by atoms with Gasteiger partial charge in [0.2, 0.25) is 0 Å². The maximum Gasteiger partial charge on any atom is 0.472 e. The van der Waals surface area contributed by atoms with Gasteiger partial charge in [0, 0.05) is 19.3 Å². The zero-order valence-electron chi connectivity index (χ0n) is 45.8. The van der Waals surface area contributed by atoms with Gasteiger partial charge in [0.15, 0.2) is 6.10 Å². The van der Waals surface area contributed by atoms with Crippen molar-refractivity contribution in [2.45, 2.75) is 315 Å². The molecule has 0 saturated heterocycles. The number of carbonyl (C=O) groups is 3. The lowest BCUT2D eigenvalue weighted by atomic mass is 10.0. The van der Waals surface area contributed by atoms with Crippen LogP contribution in [0, 0.1) is 0 Å². The lowest BCUT2D eigenvalue weighted by molar-refractivity contribution is -0.161. The largest absolute Gasteiger partial charge is 0.472 e. The van der Waals surface area contributed by atoms with E-state index in [1.807, 2.05) is 0 Å². The van der Waals surface area contributed by atoms with Crippen LogP contribution in [0.25, 0.3) is 0 Å². The predicted molar refractivity (Wildman–Crippen MR) is 289 cm³/mol. The Morgan fingerprint density at radius 3 is 0.986 bits per heavy atom. The first-order valence-corrected chi connectivity index (χ1v) is 31.1. The van der Waals surface area contributed by atoms with Gasteiger partial charge in [0.05, 0.1) is 19.8 Å². The summed E-state index contributed by atoms with van der Waals surface area (Å²) in [7, 11) is -4.74. The highest BCUT2D eigenvalue weighted by molar-refractivity contribution is 7.47. The van der Waals surface area contributed by atoms with E-state index in [0.29, 0.717) is 19.3 Å². The van der Waals surface area contributed by atoms with E-state index >= 15 is 0 Å². The third-order valence-electron chi connectivity index (χ3n) is 13.2. The van der Waals surface area contributed by atoms with E-state index in [-0.39, 0.29) is 25.9 Å². The van der Waals surface area contributed by atoms with Crippen LogP contribution in [0.2, 0.25) is 0 Å². The lowest BCUT2D eigenvalue weighted by Crippen LogP contribution is -2.30. The summed E-state index contributed by atoms with van der Waals surface area (Å²) in [5, 5.41) is 9.79. The number of aliphatic hydroxyl groups is 1. The van der Waals surface area contributed by atoms with Gasteiger partial charge in [-0.1, -0.05) is 251 Å². The van der Waals surface area contributed by atoms with Crippen LogP contribution in [-0.4, -0.2) is 66.5 Å². The van der Waals surface area contributed by atoms with Gasteiger partial charge in [-0.25, -0.2) is 4.57 Å². The van der Waals surface area contributed by atoms with Crippen LogP contribution in [0.5, 0.6) is 0 Å². The summed E-state index contributed by atoms with van der Waals surface area (Å²) < 4.78 is 39.5. The molecule has 0 aromatic heterocycles. The third kappa shape index (κ3) is 51.1. The summed E-state index contributed by atoms with van der Waals surface area (Å²) in [6.45, 7) is 4.69. The first-order chi connectivity index (χ1) is 34.2. The van der Waals surface area contributed by atoms with Crippen LogP contribution >= 0.6 is 7.82 Å². The minimum absolute atomic E-state index is 0.175. The van der Waals surface area contributed by atoms with Crippen LogP contribution in [-0.2, 0) is 42.2 Å². The van der Waals surface area contributed by atoms with Crippen molar-refractivity contribution in [3.05, 3.63) is 12.2 Å². The van der Waals surface area contributed by atoms with E-state index < -0.39 is 57.8 Å². The van der Waals surface area contributed by atoms with Crippen LogP contribution < -0.4 is 0 Å². The Kier molecular flexibility index (Phi) is 52.1. The maximum atomic E-state index is 12.9. The average molecular weight is 1020 g/mol. The van der Waals surface area contributed by atoms with Crippen molar-refractivity contribution in [3.8, 4) is 0 Å². The summed E-state index contributed by atoms with van der Waals surface area (Å²) in [5.41, 5.74) is 0. The van der Waals surface area contributed by atoms with Gasteiger partial charge in [-0.05, 0) is 44.9 Å². The van der Waals surface area contributed by atoms with Gasteiger partial charge in [0.25, 0.3) is 0 Å². The number of phosphoric acid groups is 1. The normalized spacial score (nSPS) is 13.4. The number of allylic oxidation sites excluding steroid dienone is 2. The molecular formula is C58H111O11P. The predicted octanol–water partition coefficient (Wildman–Crippen LogP) is 17.3. The van der Waals surface area contributed by atoms with Gasteiger partial charge in [0.1, 0.15) is 12.7 Å². The molecule has 0 aliphatic heterocycles. The van der Waals surface area contributed by atoms with Crippen LogP contribution in [0.3, 0.4) is 0 Å². The number of ether oxygens (including phenoxy) is 3. The fourth-order valence-electron chi connectivity index (χ4n) is 8.65. The van der Waals surface area contributed by atoms with E-state index in [1.54, 1.807) is 0 Å². The molecule has 0 fully saturated rings. The molecule has 0 aromatic rings. The molecule has 0 aromatic carbocycles. The molecule has 0 saturated carbocycles. The fraction of sp³-hybridized carbons (Fsp3) is 0.914. The molecule has 0 aliphatic carbocycles. The highest BCUT2D eigenvalue weighted by Gasteiger charge is 2.28. The van der Waals surface area contributed by atoms with Gasteiger partial charge in [-0.15, -0.1) is 0 Å². The van der Waals surface area contributed by atoms with Gasteiger partial charge in [-0.2, -0.15) is 0 Å². The minimum Gasteiger partial charge on any atom is -0.462 e. The molecule has 3 unspecified atom stereocenters. The molecule has 0 amide bonds. The summed E-state index contributed by atoms with van der Waals surface area (Å²) in [6.07, 6.45) is 51.7. The Morgan fingerprint density at radius 2 is 0.657 bits per heavy atom. The number of hydrogen-bond acceptors (Lipinski definition) is 10. The number of unbranched alkanes of at least 4 members (excludes halogenated alkanes) is 37. The number of rotatable bonds is 56. The number of aliphatic hydroxyl groups excluding tert-OH is 1. The second-order valence-corrected chi connectivity index (χ2v) is 21.6. The molecule has 70 heavy (non-hydrogen) atoms. The molecule has 0 heterocycles. The van der Waals surface area contributed by atoms with Crippen molar-refractivity contribution in [1.82, 2.24) is 0 Å². The summed E-state index contributed by atoms with van der Waals surface area (Å²) in [4.78, 5) is 48.5. The van der Waals surface area contributed by atoms with Gasteiger partial charge in [-0.3, -0.25) is 23.4 Å². The zero-order valence-corrected chi connectivity index (χ0v) is 46.7. The Balaban J connectivity index is 4.67. The first kappa shape index (κ1) is 68.2. The van der Waals surface area contributed by atoms with Crippen molar-refractivity contribution in [3.63, 3.8) is 0 Å². The first-order valence-electron chi connectivity index (χ1n) is 29.6. The third-order valence-corrected chi connectivity index (χ3v) is 14.1. The molecule has 0 spiro atoms. The van der Waals surface area contributed by atoms with Gasteiger partial charge < -0.3 is 24.2 Å². The highest BCUT2D eigenvalue weighted by atomic mass is 31.2. The van der Waals surface area contributed by atoms with E-state index in [9.17, 15) is 28.9 Å². The highest BCUT2D eigenvalue weighted by Crippen LogP contribution is 2.43. The lowest BCUT2D eigenvalue weighted by Gasteiger charge is -2.21. The van der Waals surface area contributed by atoms with Crippen LogP contribution in [0.4, 0.5) is 0 Å². The summed E-state index contributed by atoms with van der Waals surface area (Å²) in [5.74, 6) is -1.44. The Labute approximate surface area is 430 Å². The topological polar surface area (TPSA) is 155 Å². The van der Waals surface area contributed by atoms with E-state index in [2.05, 4.69) is 32.9 Å². The zero-order chi connectivity index (χ0) is 51.3. The molecule has 414 valence electrons. The SMILES string of the molecule is CCCCCCCC/C=C\CCCCCCCCCC(=O)OCC(COP(=O)(O)OCC(CO)OC(=O)CCCCCCCCCCCCC)OC(=O)CCCCCCCCCCCCCCCCC. The van der Waals surface area contributed by atoms with Gasteiger partial charge >= 0.3 is 25.7 Å².